The van der Waals surface area contributed by atoms with Crippen molar-refractivity contribution in [2.45, 2.75) is 38.8 Å². The molecule has 1 aliphatic heterocycles. The van der Waals surface area contributed by atoms with E-state index in [0.717, 1.165) is 26.1 Å². The number of aryl methyl sites for hydroxylation is 2. The van der Waals surface area contributed by atoms with Crippen LogP contribution in [0.5, 0.6) is 0 Å². The van der Waals surface area contributed by atoms with Gasteiger partial charge < -0.3 is 10.1 Å². The van der Waals surface area contributed by atoms with Crippen molar-refractivity contribution in [3.8, 4) is 0 Å². The number of benzene rings is 1. The van der Waals surface area contributed by atoms with E-state index in [1.165, 1.54) is 11.1 Å². The molecule has 1 fully saturated rings. The Labute approximate surface area is 98.0 Å². The van der Waals surface area contributed by atoms with Gasteiger partial charge in [0.1, 0.15) is 0 Å². The first kappa shape index (κ1) is 11.6. The van der Waals surface area contributed by atoms with Crippen molar-refractivity contribution in [3.05, 3.63) is 35.4 Å². The van der Waals surface area contributed by atoms with Gasteiger partial charge in [0.05, 0.1) is 13.2 Å². The zero-order valence-electron chi connectivity index (χ0n) is 10.2. The van der Waals surface area contributed by atoms with Gasteiger partial charge in [-0.1, -0.05) is 29.8 Å². The Balaban J connectivity index is 1.82. The van der Waals surface area contributed by atoms with E-state index in [0.29, 0.717) is 12.1 Å². The molecule has 2 nitrogen and oxygen atoms in total. The zero-order chi connectivity index (χ0) is 11.4. The Hall–Kier alpha value is -0.860. The highest BCUT2D eigenvalue weighted by Crippen LogP contribution is 2.10. The third-order valence-corrected chi connectivity index (χ3v) is 3.07. The second-order valence-electron chi connectivity index (χ2n) is 4.83. The molecule has 0 spiro atoms. The van der Waals surface area contributed by atoms with Crippen LogP contribution in [0.1, 0.15) is 24.5 Å². The summed E-state index contributed by atoms with van der Waals surface area (Å²) >= 11 is 0. The second-order valence-corrected chi connectivity index (χ2v) is 4.83. The fraction of sp³-hybridized carbons (Fsp3) is 0.571. The van der Waals surface area contributed by atoms with Crippen LogP contribution in [0.15, 0.2) is 24.3 Å². The molecule has 2 atom stereocenters. The average Bonchev–Trinajstić information content (AvgIpc) is 2.27. The first-order chi connectivity index (χ1) is 7.74. The molecular formula is C14H21NO. The van der Waals surface area contributed by atoms with Crippen molar-refractivity contribution < 1.29 is 4.74 Å². The van der Waals surface area contributed by atoms with Crippen LogP contribution < -0.4 is 5.32 Å². The summed E-state index contributed by atoms with van der Waals surface area (Å²) in [6, 6.07) is 9.78. The van der Waals surface area contributed by atoms with Crippen molar-refractivity contribution in [2.75, 3.05) is 13.2 Å². The molecule has 0 aliphatic carbocycles. The Morgan fingerprint density at radius 3 is 3.00 bits per heavy atom. The summed E-state index contributed by atoms with van der Waals surface area (Å²) in [7, 11) is 0. The number of ether oxygens (including phenoxy) is 1. The number of hydrogen-bond acceptors (Lipinski definition) is 2. The molecule has 88 valence electrons. The van der Waals surface area contributed by atoms with E-state index in [-0.39, 0.29) is 0 Å². The molecule has 0 radical (unpaired) electrons. The summed E-state index contributed by atoms with van der Waals surface area (Å²) in [6.45, 7) is 6.03. The summed E-state index contributed by atoms with van der Waals surface area (Å²) in [5, 5.41) is 3.58. The fourth-order valence-electron chi connectivity index (χ4n) is 2.26. The SMILES string of the molecule is Cc1cccc(CCC2COCC(C)N2)c1. The molecule has 1 aliphatic rings. The normalized spacial score (nSPS) is 25.6. The van der Waals surface area contributed by atoms with Gasteiger partial charge in [0.2, 0.25) is 0 Å². The summed E-state index contributed by atoms with van der Waals surface area (Å²) in [5.74, 6) is 0. The van der Waals surface area contributed by atoms with Gasteiger partial charge in [0, 0.05) is 12.1 Å². The number of nitrogens with one attached hydrogen (secondary N) is 1. The highest BCUT2D eigenvalue weighted by atomic mass is 16.5. The molecule has 1 heterocycles. The number of hydrogen-bond donors (Lipinski definition) is 1. The lowest BCUT2D eigenvalue weighted by molar-refractivity contribution is 0.0483. The van der Waals surface area contributed by atoms with Gasteiger partial charge in [0.25, 0.3) is 0 Å². The molecule has 2 rings (SSSR count). The maximum absolute atomic E-state index is 5.54. The Morgan fingerprint density at radius 1 is 1.38 bits per heavy atom. The quantitative estimate of drug-likeness (QED) is 0.842. The molecule has 1 aromatic carbocycles. The Kier molecular flexibility index (Phi) is 3.97. The lowest BCUT2D eigenvalue weighted by Crippen LogP contribution is -2.47. The third-order valence-electron chi connectivity index (χ3n) is 3.07. The lowest BCUT2D eigenvalue weighted by Gasteiger charge is -2.29. The van der Waals surface area contributed by atoms with Crippen molar-refractivity contribution in [1.29, 1.82) is 0 Å². The standard InChI is InChI=1S/C14H21NO/c1-11-4-3-5-13(8-11)6-7-14-10-16-9-12(2)15-14/h3-5,8,12,14-15H,6-7,9-10H2,1-2H3. The van der Waals surface area contributed by atoms with Crippen molar-refractivity contribution in [2.24, 2.45) is 0 Å². The molecule has 1 aromatic rings. The summed E-state index contributed by atoms with van der Waals surface area (Å²) in [5.41, 5.74) is 2.78. The predicted octanol–water partition coefficient (Wildman–Crippen LogP) is 2.30. The van der Waals surface area contributed by atoms with E-state index in [9.17, 15) is 0 Å². The molecule has 16 heavy (non-hydrogen) atoms. The minimum atomic E-state index is 0.497. The number of rotatable bonds is 3. The monoisotopic (exact) mass is 219 g/mol. The maximum Gasteiger partial charge on any atom is 0.0620 e. The van der Waals surface area contributed by atoms with Gasteiger partial charge in [-0.05, 0) is 32.3 Å². The van der Waals surface area contributed by atoms with E-state index in [1.54, 1.807) is 0 Å². The second kappa shape index (κ2) is 5.46. The van der Waals surface area contributed by atoms with E-state index in [2.05, 4.69) is 43.4 Å². The Bertz CT molecular complexity index is 337. The first-order valence-electron chi connectivity index (χ1n) is 6.13. The molecule has 1 saturated heterocycles. The van der Waals surface area contributed by atoms with Crippen molar-refractivity contribution in [1.82, 2.24) is 5.32 Å². The van der Waals surface area contributed by atoms with E-state index in [1.807, 2.05) is 0 Å². The molecule has 0 amide bonds. The summed E-state index contributed by atoms with van der Waals surface area (Å²) in [6.07, 6.45) is 2.29. The lowest BCUT2D eigenvalue weighted by atomic mass is 10.0. The number of morpholine rings is 1. The van der Waals surface area contributed by atoms with Gasteiger partial charge in [-0.15, -0.1) is 0 Å². The third kappa shape index (κ3) is 3.32. The Morgan fingerprint density at radius 2 is 2.25 bits per heavy atom. The topological polar surface area (TPSA) is 21.3 Å². The van der Waals surface area contributed by atoms with Gasteiger partial charge in [-0.25, -0.2) is 0 Å². The molecule has 0 saturated carbocycles. The molecule has 0 bridgehead atoms. The minimum absolute atomic E-state index is 0.497. The highest BCUT2D eigenvalue weighted by molar-refractivity contribution is 5.22. The van der Waals surface area contributed by atoms with Crippen LogP contribution in [-0.4, -0.2) is 25.3 Å². The molecule has 2 unspecified atom stereocenters. The van der Waals surface area contributed by atoms with Crippen LogP contribution in [0.25, 0.3) is 0 Å². The van der Waals surface area contributed by atoms with E-state index in [4.69, 9.17) is 4.74 Å². The van der Waals surface area contributed by atoms with Gasteiger partial charge >= 0.3 is 0 Å². The van der Waals surface area contributed by atoms with Crippen LogP contribution in [0, 0.1) is 6.92 Å². The molecule has 1 N–H and O–H groups in total. The van der Waals surface area contributed by atoms with Crippen LogP contribution in [0.2, 0.25) is 0 Å². The maximum atomic E-state index is 5.54. The predicted molar refractivity (Wildman–Crippen MR) is 66.7 cm³/mol. The largest absolute Gasteiger partial charge is 0.378 e. The average molecular weight is 219 g/mol. The van der Waals surface area contributed by atoms with Gasteiger partial charge in [-0.3, -0.25) is 0 Å². The van der Waals surface area contributed by atoms with E-state index >= 15 is 0 Å². The highest BCUT2D eigenvalue weighted by Gasteiger charge is 2.17. The van der Waals surface area contributed by atoms with Gasteiger partial charge in [-0.2, -0.15) is 0 Å². The van der Waals surface area contributed by atoms with Gasteiger partial charge in [0.15, 0.2) is 0 Å². The molecular weight excluding hydrogens is 198 g/mol. The summed E-state index contributed by atoms with van der Waals surface area (Å²) in [4.78, 5) is 0. The van der Waals surface area contributed by atoms with Crippen molar-refractivity contribution >= 4 is 0 Å². The van der Waals surface area contributed by atoms with Crippen molar-refractivity contribution in [3.63, 3.8) is 0 Å². The van der Waals surface area contributed by atoms with Crippen LogP contribution >= 0.6 is 0 Å². The smallest absolute Gasteiger partial charge is 0.0620 e. The van der Waals surface area contributed by atoms with E-state index < -0.39 is 0 Å². The van der Waals surface area contributed by atoms with Crippen LogP contribution in [0.3, 0.4) is 0 Å². The van der Waals surface area contributed by atoms with Crippen LogP contribution in [-0.2, 0) is 11.2 Å². The van der Waals surface area contributed by atoms with Crippen LogP contribution in [0.4, 0.5) is 0 Å². The minimum Gasteiger partial charge on any atom is -0.378 e. The fourth-order valence-corrected chi connectivity index (χ4v) is 2.26. The molecule has 2 heteroatoms. The molecule has 0 aromatic heterocycles. The summed E-state index contributed by atoms with van der Waals surface area (Å²) < 4.78 is 5.54. The first-order valence-corrected chi connectivity index (χ1v) is 6.13. The zero-order valence-corrected chi connectivity index (χ0v) is 10.2.